The largest absolute Gasteiger partial charge is 0.437 e. The van der Waals surface area contributed by atoms with Crippen LogP contribution >= 0.6 is 0 Å². The molecule has 2 aromatic carbocycles. The van der Waals surface area contributed by atoms with Crippen LogP contribution in [0, 0.1) is 5.82 Å². The van der Waals surface area contributed by atoms with Gasteiger partial charge in [0.15, 0.2) is 0 Å². The number of aromatic nitrogens is 5. The summed E-state index contributed by atoms with van der Waals surface area (Å²) in [5, 5.41) is 11.0. The number of carbonyl (C=O) groups excluding carboxylic acids is 2. The molecule has 3 heterocycles. The van der Waals surface area contributed by atoms with Crippen LogP contribution in [0.5, 0.6) is 11.6 Å². The van der Waals surface area contributed by atoms with Crippen molar-refractivity contribution in [3.8, 4) is 11.6 Å². The number of H-pyrrole nitrogens is 1. The van der Waals surface area contributed by atoms with Gasteiger partial charge in [-0.1, -0.05) is 12.1 Å². The Morgan fingerprint density at radius 2 is 1.74 bits per heavy atom. The number of aromatic amines is 1. The van der Waals surface area contributed by atoms with Crippen LogP contribution in [0.4, 0.5) is 9.18 Å². The average molecular weight is 463 g/mol. The first-order valence-corrected chi connectivity index (χ1v) is 10.4. The van der Waals surface area contributed by atoms with Gasteiger partial charge in [-0.25, -0.2) is 19.3 Å². The van der Waals surface area contributed by atoms with Gasteiger partial charge in [-0.3, -0.25) is 9.59 Å². The van der Waals surface area contributed by atoms with Crippen molar-refractivity contribution in [2.45, 2.75) is 0 Å². The number of ether oxygens (including phenoxy) is 1. The van der Waals surface area contributed by atoms with Crippen LogP contribution in [0.2, 0.25) is 0 Å². The minimum Gasteiger partial charge on any atom is -0.437 e. The molecule has 0 radical (unpaired) electrons. The molecule has 11 nitrogen and oxygen atoms in total. The van der Waals surface area contributed by atoms with E-state index in [9.17, 15) is 18.8 Å². The minimum absolute atomic E-state index is 0.125. The molecular formula is C22H18FN7O4. The maximum Gasteiger partial charge on any atom is 0.346 e. The third kappa shape index (κ3) is 3.96. The van der Waals surface area contributed by atoms with E-state index in [0.717, 1.165) is 10.7 Å². The number of benzene rings is 2. The molecule has 172 valence electrons. The number of hydrogen-bond donors (Lipinski definition) is 1. The summed E-state index contributed by atoms with van der Waals surface area (Å²) in [5.41, 5.74) is -0.526. The molecular weight excluding hydrogens is 445 g/mol. The zero-order valence-electron chi connectivity index (χ0n) is 17.7. The number of halogens is 1. The molecule has 1 aliphatic heterocycles. The summed E-state index contributed by atoms with van der Waals surface area (Å²) in [7, 11) is 0. The Kier molecular flexibility index (Phi) is 5.46. The van der Waals surface area contributed by atoms with Crippen LogP contribution in [0.25, 0.3) is 10.8 Å². The van der Waals surface area contributed by atoms with Crippen molar-refractivity contribution in [1.29, 1.82) is 0 Å². The van der Waals surface area contributed by atoms with Crippen LogP contribution in [0.3, 0.4) is 0 Å². The van der Waals surface area contributed by atoms with E-state index in [4.69, 9.17) is 4.74 Å². The Balaban J connectivity index is 1.33. The fraction of sp³-hybridized carbons (Fsp3) is 0.182. The van der Waals surface area contributed by atoms with Gasteiger partial charge in [0.25, 0.3) is 11.5 Å². The number of piperazine rings is 1. The molecule has 1 N–H and O–H groups in total. The van der Waals surface area contributed by atoms with Gasteiger partial charge >= 0.3 is 6.03 Å². The molecule has 4 aromatic rings. The maximum absolute atomic E-state index is 14.6. The van der Waals surface area contributed by atoms with Crippen molar-refractivity contribution in [2.24, 2.45) is 0 Å². The zero-order chi connectivity index (χ0) is 23.7. The highest BCUT2D eigenvalue weighted by molar-refractivity contribution is 5.95. The molecule has 0 bridgehead atoms. The predicted molar refractivity (Wildman–Crippen MR) is 117 cm³/mol. The SMILES string of the molecule is O=C(c1cc(Oc2n[nH]c(=O)c3ccccc23)ccc1F)N1CCN(C(=O)n2cncn2)CC1. The Hall–Kier alpha value is -4.61. The lowest BCUT2D eigenvalue weighted by atomic mass is 10.1. The van der Waals surface area contributed by atoms with Gasteiger partial charge in [0, 0.05) is 26.2 Å². The van der Waals surface area contributed by atoms with Crippen LogP contribution in [0.15, 0.2) is 59.9 Å². The number of fused-ring (bicyclic) bond motifs is 1. The van der Waals surface area contributed by atoms with Crippen molar-refractivity contribution in [3.63, 3.8) is 0 Å². The second kappa shape index (κ2) is 8.73. The van der Waals surface area contributed by atoms with E-state index in [1.54, 1.807) is 29.2 Å². The molecule has 1 aliphatic rings. The summed E-state index contributed by atoms with van der Waals surface area (Å²) in [5.74, 6) is -0.900. The summed E-state index contributed by atoms with van der Waals surface area (Å²) in [6.07, 6.45) is 2.57. The summed E-state index contributed by atoms with van der Waals surface area (Å²) >= 11 is 0. The third-order valence-corrected chi connectivity index (χ3v) is 5.50. The lowest BCUT2D eigenvalue weighted by Gasteiger charge is -2.34. The monoisotopic (exact) mass is 463 g/mol. The molecule has 1 fully saturated rings. The standard InChI is InChI=1S/C22H18FN7O4/c23-18-6-5-14(34-20-16-4-2-1-3-15(16)19(31)26-27-20)11-17(18)21(32)28-7-9-29(10-8-28)22(33)30-13-24-12-25-30/h1-6,11-13H,7-10H2,(H,26,31). The van der Waals surface area contributed by atoms with Crippen LogP contribution in [0.1, 0.15) is 10.4 Å². The normalized spacial score (nSPS) is 13.8. The van der Waals surface area contributed by atoms with Gasteiger partial charge in [-0.05, 0) is 30.3 Å². The van der Waals surface area contributed by atoms with Gasteiger partial charge in [0.1, 0.15) is 24.2 Å². The summed E-state index contributed by atoms with van der Waals surface area (Å²) in [6, 6.07) is 10.2. The van der Waals surface area contributed by atoms with Gasteiger partial charge in [-0.15, -0.1) is 5.10 Å². The zero-order valence-corrected chi connectivity index (χ0v) is 17.7. The predicted octanol–water partition coefficient (Wildman–Crippen LogP) is 1.87. The van der Waals surface area contributed by atoms with Gasteiger partial charge in [-0.2, -0.15) is 9.78 Å². The van der Waals surface area contributed by atoms with Crippen molar-refractivity contribution >= 4 is 22.7 Å². The smallest absolute Gasteiger partial charge is 0.346 e. The summed E-state index contributed by atoms with van der Waals surface area (Å²) in [4.78, 5) is 44.1. The molecule has 0 atom stereocenters. The molecule has 34 heavy (non-hydrogen) atoms. The number of carbonyl (C=O) groups is 2. The molecule has 2 amide bonds. The van der Waals surface area contributed by atoms with Crippen molar-refractivity contribution < 1.29 is 18.7 Å². The number of nitrogens with one attached hydrogen (secondary N) is 1. The number of hydrogen-bond acceptors (Lipinski definition) is 7. The van der Waals surface area contributed by atoms with E-state index in [1.165, 1.54) is 29.7 Å². The van der Waals surface area contributed by atoms with E-state index >= 15 is 0 Å². The van der Waals surface area contributed by atoms with E-state index in [-0.39, 0.29) is 55.0 Å². The van der Waals surface area contributed by atoms with Gasteiger partial charge in [0.2, 0.25) is 5.88 Å². The molecule has 2 aromatic heterocycles. The van der Waals surface area contributed by atoms with Crippen molar-refractivity contribution in [1.82, 2.24) is 34.8 Å². The van der Waals surface area contributed by atoms with E-state index in [1.807, 2.05) is 0 Å². The molecule has 0 spiro atoms. The number of amides is 2. The third-order valence-electron chi connectivity index (χ3n) is 5.50. The minimum atomic E-state index is -0.697. The summed E-state index contributed by atoms with van der Waals surface area (Å²) < 4.78 is 21.5. The first kappa shape index (κ1) is 21.2. The van der Waals surface area contributed by atoms with Crippen molar-refractivity contribution in [3.05, 3.63) is 76.9 Å². The Bertz CT molecular complexity index is 1430. The molecule has 1 saturated heterocycles. The molecule has 0 unspecified atom stereocenters. The first-order chi connectivity index (χ1) is 16.5. The van der Waals surface area contributed by atoms with E-state index in [0.29, 0.717) is 10.8 Å². The summed E-state index contributed by atoms with van der Waals surface area (Å²) in [6.45, 7) is 1.01. The maximum atomic E-state index is 14.6. The molecule has 0 saturated carbocycles. The highest BCUT2D eigenvalue weighted by atomic mass is 19.1. The topological polar surface area (TPSA) is 126 Å². The second-order valence-corrected chi connectivity index (χ2v) is 7.55. The first-order valence-electron chi connectivity index (χ1n) is 10.4. The average Bonchev–Trinajstić information content (AvgIpc) is 3.41. The van der Waals surface area contributed by atoms with Gasteiger partial charge < -0.3 is 14.5 Å². The van der Waals surface area contributed by atoms with E-state index in [2.05, 4.69) is 20.3 Å². The van der Waals surface area contributed by atoms with Crippen LogP contribution in [-0.2, 0) is 0 Å². The highest BCUT2D eigenvalue weighted by Gasteiger charge is 2.27. The van der Waals surface area contributed by atoms with Crippen molar-refractivity contribution in [2.75, 3.05) is 26.2 Å². The Morgan fingerprint density at radius 3 is 2.47 bits per heavy atom. The Morgan fingerprint density at radius 1 is 1.00 bits per heavy atom. The fourth-order valence-corrected chi connectivity index (χ4v) is 3.73. The number of rotatable bonds is 3. The lowest BCUT2D eigenvalue weighted by Crippen LogP contribution is -2.51. The second-order valence-electron chi connectivity index (χ2n) is 7.55. The Labute approximate surface area is 191 Å². The fourth-order valence-electron chi connectivity index (χ4n) is 3.73. The van der Waals surface area contributed by atoms with Crippen LogP contribution in [-0.4, -0.2) is 72.9 Å². The van der Waals surface area contributed by atoms with Crippen LogP contribution < -0.4 is 10.3 Å². The number of nitrogens with zero attached hydrogens (tertiary/aromatic N) is 6. The molecule has 5 rings (SSSR count). The quantitative estimate of drug-likeness (QED) is 0.492. The lowest BCUT2D eigenvalue weighted by molar-refractivity contribution is 0.0659. The molecule has 0 aliphatic carbocycles. The van der Waals surface area contributed by atoms with Gasteiger partial charge in [0.05, 0.1) is 16.3 Å². The molecule has 12 heteroatoms. The highest BCUT2D eigenvalue weighted by Crippen LogP contribution is 2.27. The van der Waals surface area contributed by atoms with E-state index < -0.39 is 11.7 Å².